The molecule has 0 N–H and O–H groups in total. The predicted octanol–water partition coefficient (Wildman–Crippen LogP) is 1.63. The molecule has 1 aromatic rings. The van der Waals surface area contributed by atoms with Gasteiger partial charge in [-0.15, -0.1) is 0 Å². The van der Waals surface area contributed by atoms with Crippen LogP contribution >= 0.6 is 11.6 Å². The van der Waals surface area contributed by atoms with Crippen molar-refractivity contribution in [3.63, 3.8) is 0 Å². The number of carbonyl (C=O) groups is 1. The number of hydrogen-bond donors (Lipinski definition) is 0. The number of carbonyl (C=O) groups excluding carboxylic acids is 1. The zero-order chi connectivity index (χ0) is 14.6. The molecule has 19 heavy (non-hydrogen) atoms. The average Bonchev–Trinajstić information content (AvgIpc) is 2.36. The van der Waals surface area contributed by atoms with Crippen molar-refractivity contribution in [1.29, 1.82) is 0 Å². The molecule has 5 nitrogen and oxygen atoms in total. The highest BCUT2D eigenvalue weighted by atomic mass is 35.5. The minimum atomic E-state index is -3.13. The van der Waals surface area contributed by atoms with Gasteiger partial charge in [-0.1, -0.05) is 18.5 Å². The van der Waals surface area contributed by atoms with Crippen LogP contribution in [0.3, 0.4) is 0 Å². The number of nitrogens with zero attached hydrogens (tertiary/aromatic N) is 2. The Hall–Kier alpha value is -1.14. The van der Waals surface area contributed by atoms with Crippen LogP contribution < -0.4 is 0 Å². The fourth-order valence-corrected chi connectivity index (χ4v) is 2.85. The minimum Gasteiger partial charge on any atom is -0.337 e. The Morgan fingerprint density at radius 3 is 2.68 bits per heavy atom. The molecule has 0 saturated heterocycles. The smallest absolute Gasteiger partial charge is 0.272 e. The van der Waals surface area contributed by atoms with E-state index in [1.807, 2.05) is 0 Å². The number of aromatic nitrogens is 1. The highest BCUT2D eigenvalue weighted by Crippen LogP contribution is 2.11. The lowest BCUT2D eigenvalue weighted by Gasteiger charge is -2.24. The summed E-state index contributed by atoms with van der Waals surface area (Å²) in [5.41, 5.74) is 0.204. The van der Waals surface area contributed by atoms with Gasteiger partial charge < -0.3 is 4.90 Å². The molecule has 106 valence electrons. The van der Waals surface area contributed by atoms with Crippen molar-refractivity contribution < 1.29 is 13.2 Å². The molecule has 1 atom stereocenters. The molecule has 1 aromatic heterocycles. The number of amides is 1. The molecule has 0 bridgehead atoms. The Bertz CT molecular complexity index is 560. The van der Waals surface area contributed by atoms with Crippen LogP contribution in [0.2, 0.25) is 5.02 Å². The van der Waals surface area contributed by atoms with Gasteiger partial charge in [0.25, 0.3) is 5.91 Å². The molecule has 0 aliphatic carbocycles. The molecule has 0 radical (unpaired) electrons. The van der Waals surface area contributed by atoms with Gasteiger partial charge in [-0.05, 0) is 19.1 Å². The van der Waals surface area contributed by atoms with Crippen LogP contribution in [0, 0.1) is 0 Å². The zero-order valence-corrected chi connectivity index (χ0v) is 12.7. The van der Waals surface area contributed by atoms with Crippen molar-refractivity contribution in [3.8, 4) is 0 Å². The molecule has 0 saturated carbocycles. The standard InChI is InChI=1S/C12H17ClN2O3S/c1-4-19(17,18)8-9(2)15(3)12(16)11-7-10(13)5-6-14-11/h5-7,9H,4,8H2,1-3H3. The molecular formula is C12H17ClN2O3S. The Kier molecular flexibility index (Phi) is 5.31. The molecule has 0 fully saturated rings. The number of rotatable bonds is 5. The van der Waals surface area contributed by atoms with Gasteiger partial charge in [0, 0.05) is 30.1 Å². The first kappa shape index (κ1) is 15.9. The molecule has 0 aliphatic heterocycles. The molecule has 1 unspecified atom stereocenters. The average molecular weight is 305 g/mol. The number of halogens is 1. The van der Waals surface area contributed by atoms with Crippen molar-refractivity contribution in [2.75, 3.05) is 18.6 Å². The van der Waals surface area contributed by atoms with Gasteiger partial charge in [-0.25, -0.2) is 8.42 Å². The van der Waals surface area contributed by atoms with Gasteiger partial charge in [0.05, 0.1) is 5.75 Å². The highest BCUT2D eigenvalue weighted by molar-refractivity contribution is 7.91. The van der Waals surface area contributed by atoms with E-state index in [2.05, 4.69) is 4.98 Å². The summed E-state index contributed by atoms with van der Waals surface area (Å²) in [6, 6.07) is 2.61. The normalized spacial score (nSPS) is 13.1. The maximum absolute atomic E-state index is 12.1. The largest absolute Gasteiger partial charge is 0.337 e. The lowest BCUT2D eigenvalue weighted by molar-refractivity contribution is 0.0751. The first-order valence-corrected chi connectivity index (χ1v) is 8.06. The third kappa shape index (κ3) is 4.47. The zero-order valence-electron chi connectivity index (χ0n) is 11.1. The van der Waals surface area contributed by atoms with E-state index < -0.39 is 15.9 Å². The second kappa shape index (κ2) is 6.34. The van der Waals surface area contributed by atoms with Crippen LogP contribution in [0.1, 0.15) is 24.3 Å². The molecule has 0 spiro atoms. The van der Waals surface area contributed by atoms with Gasteiger partial charge in [-0.3, -0.25) is 9.78 Å². The highest BCUT2D eigenvalue weighted by Gasteiger charge is 2.23. The molecule has 0 aromatic carbocycles. The van der Waals surface area contributed by atoms with Gasteiger partial charge >= 0.3 is 0 Å². The topological polar surface area (TPSA) is 67.3 Å². The van der Waals surface area contributed by atoms with Crippen molar-refractivity contribution in [1.82, 2.24) is 9.88 Å². The lowest BCUT2D eigenvalue weighted by Crippen LogP contribution is -2.40. The molecular weight excluding hydrogens is 288 g/mol. The Morgan fingerprint density at radius 2 is 2.16 bits per heavy atom. The van der Waals surface area contributed by atoms with E-state index in [0.29, 0.717) is 5.02 Å². The second-order valence-corrected chi connectivity index (χ2v) is 7.16. The van der Waals surface area contributed by atoms with E-state index in [1.54, 1.807) is 27.0 Å². The van der Waals surface area contributed by atoms with Gasteiger partial charge in [0.15, 0.2) is 9.84 Å². The monoisotopic (exact) mass is 304 g/mol. The maximum Gasteiger partial charge on any atom is 0.272 e. The van der Waals surface area contributed by atoms with Crippen LogP contribution in [-0.4, -0.2) is 48.8 Å². The lowest BCUT2D eigenvalue weighted by atomic mass is 10.2. The fraction of sp³-hybridized carbons (Fsp3) is 0.500. The predicted molar refractivity (Wildman–Crippen MR) is 75.1 cm³/mol. The molecule has 0 aliphatic rings. The van der Waals surface area contributed by atoms with Crippen LogP contribution in [0.4, 0.5) is 0 Å². The van der Waals surface area contributed by atoms with Gasteiger partial charge in [-0.2, -0.15) is 0 Å². The number of pyridine rings is 1. The van der Waals surface area contributed by atoms with E-state index in [1.165, 1.54) is 17.2 Å². The van der Waals surface area contributed by atoms with Crippen LogP contribution in [0.25, 0.3) is 0 Å². The van der Waals surface area contributed by atoms with Crippen molar-refractivity contribution in [3.05, 3.63) is 29.0 Å². The SMILES string of the molecule is CCS(=O)(=O)CC(C)N(C)C(=O)c1cc(Cl)ccn1. The van der Waals surface area contributed by atoms with E-state index in [4.69, 9.17) is 11.6 Å². The summed E-state index contributed by atoms with van der Waals surface area (Å²) in [6.45, 7) is 3.28. The molecule has 7 heteroatoms. The summed E-state index contributed by atoms with van der Waals surface area (Å²) in [7, 11) is -1.57. The van der Waals surface area contributed by atoms with E-state index >= 15 is 0 Å². The fourth-order valence-electron chi connectivity index (χ4n) is 1.50. The first-order chi connectivity index (χ1) is 8.76. The number of hydrogen-bond acceptors (Lipinski definition) is 4. The van der Waals surface area contributed by atoms with Crippen molar-refractivity contribution in [2.24, 2.45) is 0 Å². The van der Waals surface area contributed by atoms with Crippen molar-refractivity contribution >= 4 is 27.3 Å². The van der Waals surface area contributed by atoms with Gasteiger partial charge in [0.2, 0.25) is 0 Å². The second-order valence-electron chi connectivity index (χ2n) is 4.32. The summed E-state index contributed by atoms with van der Waals surface area (Å²) >= 11 is 5.80. The van der Waals surface area contributed by atoms with Crippen LogP contribution in [-0.2, 0) is 9.84 Å². The van der Waals surface area contributed by atoms with Crippen LogP contribution in [0.5, 0.6) is 0 Å². The summed E-state index contributed by atoms with van der Waals surface area (Å²) in [5, 5.41) is 0.417. The van der Waals surface area contributed by atoms with Crippen molar-refractivity contribution in [2.45, 2.75) is 19.9 Å². The molecule has 1 rings (SSSR count). The minimum absolute atomic E-state index is 0.0632. The van der Waals surface area contributed by atoms with E-state index in [9.17, 15) is 13.2 Å². The third-order valence-corrected chi connectivity index (χ3v) is 4.96. The van der Waals surface area contributed by atoms with Crippen LogP contribution in [0.15, 0.2) is 18.3 Å². The quantitative estimate of drug-likeness (QED) is 0.829. The summed E-state index contributed by atoms with van der Waals surface area (Å²) in [5.74, 6) is -0.345. The summed E-state index contributed by atoms with van der Waals surface area (Å²) in [4.78, 5) is 17.4. The molecule has 1 heterocycles. The Balaban J connectivity index is 2.83. The summed E-state index contributed by atoms with van der Waals surface area (Å²) < 4.78 is 23.1. The van der Waals surface area contributed by atoms with E-state index in [-0.39, 0.29) is 23.1 Å². The number of sulfone groups is 1. The van der Waals surface area contributed by atoms with E-state index in [0.717, 1.165) is 0 Å². The molecule has 1 amide bonds. The first-order valence-electron chi connectivity index (χ1n) is 5.86. The third-order valence-electron chi connectivity index (χ3n) is 2.86. The maximum atomic E-state index is 12.1. The Labute approximate surface area is 118 Å². The summed E-state index contributed by atoms with van der Waals surface area (Å²) in [6.07, 6.45) is 1.44. The van der Waals surface area contributed by atoms with Gasteiger partial charge in [0.1, 0.15) is 5.69 Å². The Morgan fingerprint density at radius 1 is 1.53 bits per heavy atom.